The van der Waals surface area contributed by atoms with Crippen molar-refractivity contribution < 1.29 is 18.7 Å². The van der Waals surface area contributed by atoms with Crippen LogP contribution in [0.4, 0.5) is 15.8 Å². The largest absolute Gasteiger partial charge is 0.495 e. The van der Waals surface area contributed by atoms with Crippen LogP contribution in [0.5, 0.6) is 5.75 Å². The smallest absolute Gasteiger partial charge is 0.229 e. The van der Waals surface area contributed by atoms with Gasteiger partial charge in [-0.3, -0.25) is 9.59 Å². The zero-order valence-electron chi connectivity index (χ0n) is 13.2. The van der Waals surface area contributed by atoms with Gasteiger partial charge in [-0.15, -0.1) is 0 Å². The molecular formula is C18H17FN2O3. The fraction of sp³-hybridized carbons (Fsp3) is 0.222. The molecule has 1 N–H and O–H groups in total. The molecule has 3 rings (SSSR count). The van der Waals surface area contributed by atoms with Crippen molar-refractivity contribution in [2.45, 2.75) is 6.42 Å². The van der Waals surface area contributed by atoms with Gasteiger partial charge in [-0.1, -0.05) is 18.2 Å². The van der Waals surface area contributed by atoms with E-state index >= 15 is 0 Å². The standard InChI is InChI=1S/C18H17FN2O3/c1-24-16-8-3-2-7-15(16)21-11-12(9-17(21)22)18(23)20-14-6-4-5-13(19)10-14/h2-8,10,12H,9,11H2,1H3,(H,20,23)/t12-/m1/s1. The third kappa shape index (κ3) is 3.22. The Balaban J connectivity index is 1.73. The first-order valence-corrected chi connectivity index (χ1v) is 7.58. The molecule has 0 spiro atoms. The van der Waals surface area contributed by atoms with Crippen molar-refractivity contribution in [1.82, 2.24) is 0 Å². The Hall–Kier alpha value is -2.89. The summed E-state index contributed by atoms with van der Waals surface area (Å²) >= 11 is 0. The second-order valence-corrected chi connectivity index (χ2v) is 5.58. The number of carbonyl (C=O) groups excluding carboxylic acids is 2. The van der Waals surface area contributed by atoms with Gasteiger partial charge in [-0.2, -0.15) is 0 Å². The average Bonchev–Trinajstić information content (AvgIpc) is 2.96. The van der Waals surface area contributed by atoms with E-state index in [4.69, 9.17) is 4.74 Å². The summed E-state index contributed by atoms with van der Waals surface area (Å²) in [4.78, 5) is 26.2. The topological polar surface area (TPSA) is 58.6 Å². The van der Waals surface area contributed by atoms with Gasteiger partial charge in [-0.05, 0) is 30.3 Å². The molecule has 0 bridgehead atoms. The van der Waals surface area contributed by atoms with E-state index in [9.17, 15) is 14.0 Å². The van der Waals surface area contributed by atoms with Gasteiger partial charge in [0.2, 0.25) is 11.8 Å². The number of benzene rings is 2. The summed E-state index contributed by atoms with van der Waals surface area (Å²) < 4.78 is 18.5. The highest BCUT2D eigenvalue weighted by Crippen LogP contribution is 2.33. The maximum Gasteiger partial charge on any atom is 0.229 e. The normalized spacial score (nSPS) is 17.0. The van der Waals surface area contributed by atoms with Crippen molar-refractivity contribution in [3.63, 3.8) is 0 Å². The Morgan fingerprint density at radius 1 is 1.25 bits per heavy atom. The van der Waals surface area contributed by atoms with Crippen molar-refractivity contribution in [2.75, 3.05) is 23.9 Å². The third-order valence-corrected chi connectivity index (χ3v) is 3.96. The third-order valence-electron chi connectivity index (χ3n) is 3.96. The van der Waals surface area contributed by atoms with Crippen LogP contribution >= 0.6 is 0 Å². The Labute approximate surface area is 139 Å². The molecule has 0 aromatic heterocycles. The Morgan fingerprint density at radius 3 is 2.79 bits per heavy atom. The van der Waals surface area contributed by atoms with E-state index in [0.29, 0.717) is 17.1 Å². The van der Waals surface area contributed by atoms with Gasteiger partial charge in [0, 0.05) is 18.7 Å². The Morgan fingerprint density at radius 2 is 2.04 bits per heavy atom. The van der Waals surface area contributed by atoms with Gasteiger partial charge in [0.1, 0.15) is 11.6 Å². The zero-order chi connectivity index (χ0) is 17.1. The predicted molar refractivity (Wildman–Crippen MR) is 88.5 cm³/mol. The average molecular weight is 328 g/mol. The lowest BCUT2D eigenvalue weighted by molar-refractivity contribution is -0.122. The zero-order valence-corrected chi connectivity index (χ0v) is 13.2. The van der Waals surface area contributed by atoms with E-state index in [-0.39, 0.29) is 24.8 Å². The second kappa shape index (κ2) is 6.70. The molecule has 1 aliphatic heterocycles. The number of carbonyl (C=O) groups is 2. The number of nitrogens with one attached hydrogen (secondary N) is 1. The fourth-order valence-electron chi connectivity index (χ4n) is 2.78. The minimum Gasteiger partial charge on any atom is -0.495 e. The lowest BCUT2D eigenvalue weighted by atomic mass is 10.1. The van der Waals surface area contributed by atoms with E-state index in [0.717, 1.165) is 0 Å². The van der Waals surface area contributed by atoms with Crippen molar-refractivity contribution in [2.24, 2.45) is 5.92 Å². The summed E-state index contributed by atoms with van der Waals surface area (Å²) in [5.41, 5.74) is 1.02. The molecule has 0 saturated carbocycles. The molecule has 2 amide bonds. The van der Waals surface area contributed by atoms with Crippen LogP contribution in [0, 0.1) is 11.7 Å². The van der Waals surface area contributed by atoms with Crippen molar-refractivity contribution in [3.05, 3.63) is 54.3 Å². The molecule has 1 fully saturated rings. The second-order valence-electron chi connectivity index (χ2n) is 5.58. The van der Waals surface area contributed by atoms with E-state index in [1.165, 1.54) is 25.3 Å². The van der Waals surface area contributed by atoms with Gasteiger partial charge < -0.3 is 15.0 Å². The summed E-state index contributed by atoms with van der Waals surface area (Å²) in [6.45, 7) is 0.264. The van der Waals surface area contributed by atoms with Crippen molar-refractivity contribution in [1.29, 1.82) is 0 Å². The first kappa shape index (κ1) is 16.0. The van der Waals surface area contributed by atoms with Crippen LogP contribution in [0.3, 0.4) is 0 Å². The summed E-state index contributed by atoms with van der Waals surface area (Å²) in [6, 6.07) is 12.8. The monoisotopic (exact) mass is 328 g/mol. The number of hydrogen-bond donors (Lipinski definition) is 1. The number of ether oxygens (including phenoxy) is 1. The van der Waals surface area contributed by atoms with E-state index in [2.05, 4.69) is 5.32 Å². The summed E-state index contributed by atoms with van der Waals surface area (Å²) in [7, 11) is 1.54. The number of halogens is 1. The van der Waals surface area contributed by atoms with E-state index in [1.54, 1.807) is 23.1 Å². The van der Waals surface area contributed by atoms with Crippen LogP contribution in [-0.2, 0) is 9.59 Å². The molecule has 2 aromatic carbocycles. The van der Waals surface area contributed by atoms with E-state index in [1.807, 2.05) is 12.1 Å². The molecule has 0 aliphatic carbocycles. The molecule has 0 radical (unpaired) electrons. The van der Waals surface area contributed by atoms with Crippen molar-refractivity contribution >= 4 is 23.2 Å². The van der Waals surface area contributed by atoms with Crippen LogP contribution in [-0.4, -0.2) is 25.5 Å². The molecule has 5 nitrogen and oxygen atoms in total. The number of hydrogen-bond acceptors (Lipinski definition) is 3. The molecule has 2 aromatic rings. The van der Waals surface area contributed by atoms with Gasteiger partial charge >= 0.3 is 0 Å². The number of methoxy groups -OCH3 is 1. The molecule has 24 heavy (non-hydrogen) atoms. The minimum absolute atomic E-state index is 0.110. The minimum atomic E-state index is -0.495. The molecule has 0 unspecified atom stereocenters. The highest BCUT2D eigenvalue weighted by molar-refractivity contribution is 6.04. The highest BCUT2D eigenvalue weighted by Gasteiger charge is 2.36. The fourth-order valence-corrected chi connectivity index (χ4v) is 2.78. The number of anilines is 2. The molecular weight excluding hydrogens is 311 g/mol. The lowest BCUT2D eigenvalue weighted by Crippen LogP contribution is -2.28. The number of amides is 2. The lowest BCUT2D eigenvalue weighted by Gasteiger charge is -2.19. The number of rotatable bonds is 4. The Bertz CT molecular complexity index is 778. The van der Waals surface area contributed by atoms with Crippen LogP contribution in [0.2, 0.25) is 0 Å². The summed E-state index contributed by atoms with van der Waals surface area (Å²) in [5.74, 6) is -0.779. The Kier molecular flexibility index (Phi) is 4.46. The maximum atomic E-state index is 13.2. The van der Waals surface area contributed by atoms with Crippen LogP contribution < -0.4 is 15.0 Å². The van der Waals surface area contributed by atoms with Gasteiger partial charge in [0.25, 0.3) is 0 Å². The SMILES string of the molecule is COc1ccccc1N1C[C@H](C(=O)Nc2cccc(F)c2)CC1=O. The maximum absolute atomic E-state index is 13.2. The molecule has 1 aliphatic rings. The summed E-state index contributed by atoms with van der Waals surface area (Å²) in [5, 5.41) is 2.66. The van der Waals surface area contributed by atoms with Gasteiger partial charge in [0.05, 0.1) is 18.7 Å². The predicted octanol–water partition coefficient (Wildman–Crippen LogP) is 2.83. The van der Waals surface area contributed by atoms with Crippen LogP contribution in [0.1, 0.15) is 6.42 Å². The number of para-hydroxylation sites is 2. The molecule has 124 valence electrons. The molecule has 1 atom stereocenters. The molecule has 1 saturated heterocycles. The van der Waals surface area contributed by atoms with Gasteiger partial charge in [0.15, 0.2) is 0 Å². The summed E-state index contributed by atoms with van der Waals surface area (Å²) in [6.07, 6.45) is 0.110. The molecule has 6 heteroatoms. The first-order valence-electron chi connectivity index (χ1n) is 7.58. The van der Waals surface area contributed by atoms with E-state index < -0.39 is 11.7 Å². The quantitative estimate of drug-likeness (QED) is 0.939. The van der Waals surface area contributed by atoms with Crippen LogP contribution in [0.15, 0.2) is 48.5 Å². The van der Waals surface area contributed by atoms with Gasteiger partial charge in [-0.25, -0.2) is 4.39 Å². The number of nitrogens with zero attached hydrogens (tertiary/aromatic N) is 1. The van der Waals surface area contributed by atoms with Crippen LogP contribution in [0.25, 0.3) is 0 Å². The highest BCUT2D eigenvalue weighted by atomic mass is 19.1. The first-order chi connectivity index (χ1) is 11.6. The molecule has 1 heterocycles. The van der Waals surface area contributed by atoms with Crippen molar-refractivity contribution in [3.8, 4) is 5.75 Å².